The Bertz CT molecular complexity index is 838. The van der Waals surface area contributed by atoms with Gasteiger partial charge >= 0.3 is 5.97 Å². The standard InChI is InChI=1S/C15H13ClN6O3/c1-2-25-15(24)12-13(19-8-18-12)22-21-11(7-17)14(23)20-10-5-3-9(16)4-6-10/h3-6,8,22H,2H2,1H3,(H,18,19)(H,20,23). The summed E-state index contributed by atoms with van der Waals surface area (Å²) in [7, 11) is 0. The van der Waals surface area contributed by atoms with Gasteiger partial charge in [0.1, 0.15) is 6.07 Å². The maximum absolute atomic E-state index is 12.1. The second-order valence-electron chi connectivity index (χ2n) is 4.49. The van der Waals surface area contributed by atoms with Crippen LogP contribution in [0.4, 0.5) is 11.5 Å². The molecule has 1 amide bonds. The van der Waals surface area contributed by atoms with Crippen LogP contribution < -0.4 is 10.7 Å². The number of hydrazone groups is 1. The van der Waals surface area contributed by atoms with E-state index in [1.807, 2.05) is 0 Å². The van der Waals surface area contributed by atoms with Gasteiger partial charge in [0.2, 0.25) is 5.71 Å². The minimum Gasteiger partial charge on any atom is -0.461 e. The van der Waals surface area contributed by atoms with Crippen molar-refractivity contribution < 1.29 is 14.3 Å². The molecule has 3 N–H and O–H groups in total. The number of anilines is 2. The van der Waals surface area contributed by atoms with Crippen LogP contribution in [0.15, 0.2) is 35.7 Å². The van der Waals surface area contributed by atoms with Gasteiger partial charge in [-0.3, -0.25) is 10.2 Å². The van der Waals surface area contributed by atoms with Crippen LogP contribution in [0.1, 0.15) is 17.4 Å². The highest BCUT2D eigenvalue weighted by molar-refractivity contribution is 6.48. The SMILES string of the molecule is CCOC(=O)c1[nH]cnc1NN=C(C#N)C(=O)Nc1ccc(Cl)cc1. The van der Waals surface area contributed by atoms with Crippen molar-refractivity contribution in [3.8, 4) is 6.07 Å². The van der Waals surface area contributed by atoms with Crippen LogP contribution in [0.5, 0.6) is 0 Å². The van der Waals surface area contributed by atoms with Gasteiger partial charge in [-0.05, 0) is 31.2 Å². The van der Waals surface area contributed by atoms with Crippen molar-refractivity contribution in [1.29, 1.82) is 5.26 Å². The fourth-order valence-electron chi connectivity index (χ4n) is 1.70. The third-order valence-electron chi connectivity index (χ3n) is 2.82. The number of rotatable bonds is 6. The smallest absolute Gasteiger partial charge is 0.358 e. The van der Waals surface area contributed by atoms with E-state index in [2.05, 4.69) is 25.8 Å². The molecule has 0 saturated heterocycles. The fraction of sp³-hybridized carbons (Fsp3) is 0.133. The van der Waals surface area contributed by atoms with Gasteiger partial charge < -0.3 is 15.0 Å². The molecule has 0 aliphatic carbocycles. The number of ether oxygens (including phenoxy) is 1. The van der Waals surface area contributed by atoms with Crippen molar-refractivity contribution in [2.45, 2.75) is 6.92 Å². The molecule has 0 bridgehead atoms. The van der Waals surface area contributed by atoms with Gasteiger partial charge in [0.15, 0.2) is 11.5 Å². The highest BCUT2D eigenvalue weighted by Crippen LogP contribution is 2.14. The number of nitrogens with zero attached hydrogens (tertiary/aromatic N) is 3. The van der Waals surface area contributed by atoms with Crippen LogP contribution >= 0.6 is 11.6 Å². The average Bonchev–Trinajstić information content (AvgIpc) is 3.06. The summed E-state index contributed by atoms with van der Waals surface area (Å²) in [6, 6.07) is 8.00. The number of carbonyl (C=O) groups excluding carboxylic acids is 2. The second-order valence-corrected chi connectivity index (χ2v) is 4.93. The monoisotopic (exact) mass is 360 g/mol. The summed E-state index contributed by atoms with van der Waals surface area (Å²) in [5, 5.41) is 15.8. The number of nitriles is 1. The molecular formula is C15H13ClN6O3. The number of nitrogens with one attached hydrogen (secondary N) is 3. The Kier molecular flexibility index (Phi) is 6.08. The number of aromatic amines is 1. The van der Waals surface area contributed by atoms with Crippen LogP contribution in [0.25, 0.3) is 0 Å². The first-order chi connectivity index (χ1) is 12.0. The van der Waals surface area contributed by atoms with Gasteiger partial charge in [-0.1, -0.05) is 11.6 Å². The number of H-pyrrole nitrogens is 1. The third kappa shape index (κ3) is 4.79. The normalized spacial score (nSPS) is 10.7. The van der Waals surface area contributed by atoms with Crippen molar-refractivity contribution in [3.63, 3.8) is 0 Å². The lowest BCUT2D eigenvalue weighted by Crippen LogP contribution is -2.22. The average molecular weight is 361 g/mol. The Morgan fingerprint density at radius 2 is 2.12 bits per heavy atom. The summed E-state index contributed by atoms with van der Waals surface area (Å²) in [6.45, 7) is 1.85. The van der Waals surface area contributed by atoms with E-state index in [1.165, 1.54) is 6.33 Å². The Hall–Kier alpha value is -3.38. The molecule has 0 fully saturated rings. The van der Waals surface area contributed by atoms with E-state index in [1.54, 1.807) is 37.3 Å². The molecule has 2 rings (SSSR count). The predicted octanol–water partition coefficient (Wildman–Crippen LogP) is 2.17. The molecule has 0 aliphatic heterocycles. The van der Waals surface area contributed by atoms with Gasteiger partial charge in [0.05, 0.1) is 12.9 Å². The van der Waals surface area contributed by atoms with E-state index in [-0.39, 0.29) is 18.1 Å². The first-order valence-corrected chi connectivity index (χ1v) is 7.44. The number of amides is 1. The molecule has 2 aromatic rings. The zero-order chi connectivity index (χ0) is 18.2. The van der Waals surface area contributed by atoms with E-state index in [0.717, 1.165) is 0 Å². The molecule has 0 atom stereocenters. The summed E-state index contributed by atoms with van der Waals surface area (Å²) in [4.78, 5) is 30.2. The second kappa shape index (κ2) is 8.47. The van der Waals surface area contributed by atoms with Crippen molar-refractivity contribution >= 4 is 40.7 Å². The topological polar surface area (TPSA) is 132 Å². The quantitative estimate of drug-likeness (QED) is 0.411. The zero-order valence-electron chi connectivity index (χ0n) is 13.0. The number of halogens is 1. The maximum atomic E-state index is 12.1. The minimum absolute atomic E-state index is 0.0287. The molecule has 0 unspecified atom stereocenters. The summed E-state index contributed by atoms with van der Waals surface area (Å²) in [5.74, 6) is -1.34. The van der Waals surface area contributed by atoms with Gasteiger partial charge in [-0.2, -0.15) is 10.4 Å². The number of benzene rings is 1. The van der Waals surface area contributed by atoms with E-state index in [0.29, 0.717) is 10.7 Å². The zero-order valence-corrected chi connectivity index (χ0v) is 13.8. The van der Waals surface area contributed by atoms with Crippen LogP contribution in [-0.4, -0.2) is 34.2 Å². The Balaban J connectivity index is 2.09. The molecular weight excluding hydrogens is 348 g/mol. The molecule has 128 valence electrons. The first-order valence-electron chi connectivity index (χ1n) is 7.06. The fourth-order valence-corrected chi connectivity index (χ4v) is 1.82. The summed E-state index contributed by atoms with van der Waals surface area (Å²) < 4.78 is 4.84. The van der Waals surface area contributed by atoms with Crippen molar-refractivity contribution in [1.82, 2.24) is 9.97 Å². The van der Waals surface area contributed by atoms with E-state index < -0.39 is 17.6 Å². The number of hydrogen-bond acceptors (Lipinski definition) is 7. The highest BCUT2D eigenvalue weighted by Gasteiger charge is 2.16. The number of hydrogen-bond donors (Lipinski definition) is 3. The Labute approximate surface area is 147 Å². The van der Waals surface area contributed by atoms with Crippen molar-refractivity contribution in [3.05, 3.63) is 41.3 Å². The minimum atomic E-state index is -0.731. The molecule has 1 aromatic heterocycles. The molecule has 0 radical (unpaired) electrons. The largest absolute Gasteiger partial charge is 0.461 e. The molecule has 1 heterocycles. The Morgan fingerprint density at radius 3 is 2.76 bits per heavy atom. The number of carbonyl (C=O) groups is 2. The van der Waals surface area contributed by atoms with Crippen molar-refractivity contribution in [2.24, 2.45) is 5.10 Å². The lowest BCUT2D eigenvalue weighted by molar-refractivity contribution is -0.110. The lowest BCUT2D eigenvalue weighted by atomic mass is 10.3. The maximum Gasteiger partial charge on any atom is 0.358 e. The number of esters is 1. The van der Waals surface area contributed by atoms with Gasteiger partial charge in [-0.25, -0.2) is 9.78 Å². The number of aromatic nitrogens is 2. The number of imidazole rings is 1. The highest BCUT2D eigenvalue weighted by atomic mass is 35.5. The summed E-state index contributed by atoms with van der Waals surface area (Å²) in [5.41, 5.74) is 2.43. The van der Waals surface area contributed by atoms with Crippen LogP contribution in [-0.2, 0) is 9.53 Å². The van der Waals surface area contributed by atoms with E-state index in [9.17, 15) is 9.59 Å². The molecule has 0 aliphatic rings. The lowest BCUT2D eigenvalue weighted by Gasteiger charge is -2.04. The van der Waals surface area contributed by atoms with E-state index in [4.69, 9.17) is 21.6 Å². The predicted molar refractivity (Wildman–Crippen MR) is 91.3 cm³/mol. The van der Waals surface area contributed by atoms with Crippen LogP contribution in [0, 0.1) is 11.3 Å². The van der Waals surface area contributed by atoms with Gasteiger partial charge in [-0.15, -0.1) is 0 Å². The molecule has 25 heavy (non-hydrogen) atoms. The van der Waals surface area contributed by atoms with E-state index >= 15 is 0 Å². The van der Waals surface area contributed by atoms with Crippen molar-refractivity contribution in [2.75, 3.05) is 17.3 Å². The molecule has 9 nitrogen and oxygen atoms in total. The molecule has 0 spiro atoms. The Morgan fingerprint density at radius 1 is 1.40 bits per heavy atom. The third-order valence-corrected chi connectivity index (χ3v) is 3.07. The van der Waals surface area contributed by atoms with Gasteiger partial charge in [0.25, 0.3) is 5.91 Å². The molecule has 10 heteroatoms. The first kappa shape index (κ1) is 18.0. The van der Waals surface area contributed by atoms with Crippen LogP contribution in [0.2, 0.25) is 5.02 Å². The molecule has 1 aromatic carbocycles. The summed E-state index contributed by atoms with van der Waals surface area (Å²) in [6.07, 6.45) is 1.25. The summed E-state index contributed by atoms with van der Waals surface area (Å²) >= 11 is 5.76. The van der Waals surface area contributed by atoms with Gasteiger partial charge in [0, 0.05) is 10.7 Å². The van der Waals surface area contributed by atoms with Crippen LogP contribution in [0.3, 0.4) is 0 Å². The molecule has 0 saturated carbocycles.